The predicted molar refractivity (Wildman–Crippen MR) is 83.5 cm³/mol. The molecule has 2 aromatic heterocycles. The number of halogens is 1. The molecule has 0 aliphatic rings. The van der Waals surface area contributed by atoms with Gasteiger partial charge in [-0.15, -0.1) is 11.3 Å². The molecule has 0 bridgehead atoms. The Morgan fingerprint density at radius 1 is 1.50 bits per heavy atom. The molecule has 0 saturated heterocycles. The van der Waals surface area contributed by atoms with Gasteiger partial charge in [0.25, 0.3) is 10.0 Å². The second-order valence-corrected chi connectivity index (χ2v) is 8.18. The third-order valence-electron chi connectivity index (χ3n) is 2.56. The molecule has 2 rings (SSSR count). The molecule has 0 atom stereocenters. The van der Waals surface area contributed by atoms with Crippen LogP contribution in [0.15, 0.2) is 27.1 Å². The van der Waals surface area contributed by atoms with E-state index in [-0.39, 0.29) is 4.90 Å². The highest BCUT2D eigenvalue weighted by Crippen LogP contribution is 2.32. The maximum absolute atomic E-state index is 12.3. The Hall–Kier alpha value is -0.900. The number of anilines is 1. The van der Waals surface area contributed by atoms with Gasteiger partial charge in [0.1, 0.15) is 4.90 Å². The zero-order valence-electron chi connectivity index (χ0n) is 11.1. The van der Waals surface area contributed by atoms with Gasteiger partial charge in [-0.1, -0.05) is 0 Å². The van der Waals surface area contributed by atoms with Crippen molar-refractivity contribution in [1.29, 1.82) is 0 Å². The topological polar surface area (TPSA) is 76.0 Å². The Labute approximate surface area is 130 Å². The lowest BCUT2D eigenvalue weighted by atomic mass is 10.5. The lowest BCUT2D eigenvalue weighted by Crippen LogP contribution is -2.12. The number of aryl methyl sites for hydroxylation is 1. The van der Waals surface area contributed by atoms with Crippen LogP contribution in [-0.4, -0.2) is 25.2 Å². The molecule has 0 spiro atoms. The van der Waals surface area contributed by atoms with Crippen LogP contribution in [0.1, 0.15) is 11.8 Å². The molecule has 0 aliphatic heterocycles. The van der Waals surface area contributed by atoms with Gasteiger partial charge in [0.05, 0.1) is 15.7 Å². The fourth-order valence-corrected chi connectivity index (χ4v) is 5.37. The fourth-order valence-electron chi connectivity index (χ4n) is 1.64. The molecule has 20 heavy (non-hydrogen) atoms. The van der Waals surface area contributed by atoms with Crippen molar-refractivity contribution in [3.8, 4) is 0 Å². The second-order valence-electron chi connectivity index (χ2n) is 4.07. The van der Waals surface area contributed by atoms with E-state index in [1.165, 1.54) is 17.5 Å². The molecule has 0 aliphatic carbocycles. The first-order chi connectivity index (χ1) is 9.46. The molecule has 110 valence electrons. The average Bonchev–Trinajstić information content (AvgIpc) is 2.96. The van der Waals surface area contributed by atoms with Crippen LogP contribution in [0.3, 0.4) is 0 Å². The molecule has 0 fully saturated rings. The van der Waals surface area contributed by atoms with E-state index in [9.17, 15) is 8.42 Å². The maximum Gasteiger partial charge on any atom is 0.263 e. The number of rotatable bonds is 6. The zero-order chi connectivity index (χ0) is 14.8. The number of aromatic nitrogens is 2. The Bertz CT molecular complexity index is 693. The van der Waals surface area contributed by atoms with E-state index in [0.29, 0.717) is 22.6 Å². The number of nitrogens with zero attached hydrogens (tertiary/aromatic N) is 2. The van der Waals surface area contributed by atoms with Crippen molar-refractivity contribution in [2.75, 3.05) is 11.8 Å². The summed E-state index contributed by atoms with van der Waals surface area (Å²) in [4.78, 5) is 1.20. The molecule has 0 amide bonds. The Morgan fingerprint density at radius 3 is 2.85 bits per heavy atom. The Balaban J connectivity index is 2.25. The SMILES string of the molecule is CCn1cc(NS(=O)(=O)c2cc(CNC)sc2Br)cn1. The van der Waals surface area contributed by atoms with Crippen molar-refractivity contribution in [1.82, 2.24) is 15.1 Å². The number of thiophene rings is 1. The van der Waals surface area contributed by atoms with E-state index in [1.54, 1.807) is 16.9 Å². The van der Waals surface area contributed by atoms with Gasteiger partial charge in [-0.3, -0.25) is 9.40 Å². The monoisotopic (exact) mass is 378 g/mol. The predicted octanol–water partition coefficient (Wildman–Crippen LogP) is 2.25. The summed E-state index contributed by atoms with van der Waals surface area (Å²) >= 11 is 4.71. The highest BCUT2D eigenvalue weighted by Gasteiger charge is 2.21. The van der Waals surface area contributed by atoms with Crippen molar-refractivity contribution in [2.45, 2.75) is 24.9 Å². The molecule has 2 aromatic rings. The lowest BCUT2D eigenvalue weighted by Gasteiger charge is -2.04. The first-order valence-corrected chi connectivity index (χ1v) is 9.03. The van der Waals surface area contributed by atoms with Gasteiger partial charge < -0.3 is 5.32 Å². The van der Waals surface area contributed by atoms with Gasteiger partial charge in [0, 0.05) is 24.2 Å². The van der Waals surface area contributed by atoms with Crippen molar-refractivity contribution in [2.24, 2.45) is 0 Å². The van der Waals surface area contributed by atoms with Crippen LogP contribution in [0, 0.1) is 0 Å². The number of sulfonamides is 1. The van der Waals surface area contributed by atoms with E-state index in [1.807, 2.05) is 14.0 Å². The lowest BCUT2D eigenvalue weighted by molar-refractivity contribution is 0.601. The van der Waals surface area contributed by atoms with Crippen LogP contribution >= 0.6 is 27.3 Å². The quantitative estimate of drug-likeness (QED) is 0.807. The van der Waals surface area contributed by atoms with Crippen molar-refractivity contribution >= 4 is 43.0 Å². The van der Waals surface area contributed by atoms with E-state index < -0.39 is 10.0 Å². The van der Waals surface area contributed by atoms with Gasteiger partial charge in [0.15, 0.2) is 0 Å². The van der Waals surface area contributed by atoms with E-state index in [2.05, 4.69) is 31.1 Å². The van der Waals surface area contributed by atoms with Gasteiger partial charge in [0.2, 0.25) is 0 Å². The zero-order valence-corrected chi connectivity index (χ0v) is 14.3. The first kappa shape index (κ1) is 15.5. The van der Waals surface area contributed by atoms with E-state index in [4.69, 9.17) is 0 Å². The van der Waals surface area contributed by atoms with E-state index in [0.717, 1.165) is 4.88 Å². The van der Waals surface area contributed by atoms with Gasteiger partial charge in [-0.25, -0.2) is 8.42 Å². The van der Waals surface area contributed by atoms with Crippen LogP contribution in [0.5, 0.6) is 0 Å². The van der Waals surface area contributed by atoms with E-state index >= 15 is 0 Å². The summed E-state index contributed by atoms with van der Waals surface area (Å²) in [6.07, 6.45) is 3.15. The summed E-state index contributed by atoms with van der Waals surface area (Å²) in [5, 5.41) is 7.04. The summed E-state index contributed by atoms with van der Waals surface area (Å²) in [6.45, 7) is 3.26. The third kappa shape index (κ3) is 3.40. The van der Waals surface area contributed by atoms with Crippen LogP contribution in [0.4, 0.5) is 5.69 Å². The molecule has 6 nitrogen and oxygen atoms in total. The molecule has 0 aromatic carbocycles. The molecule has 0 unspecified atom stereocenters. The summed E-state index contributed by atoms with van der Waals surface area (Å²) < 4.78 is 29.5. The van der Waals surface area contributed by atoms with Crippen LogP contribution < -0.4 is 10.0 Å². The minimum atomic E-state index is -3.60. The third-order valence-corrected chi connectivity index (χ3v) is 6.19. The molecule has 9 heteroatoms. The van der Waals surface area contributed by atoms with Crippen LogP contribution in [0.25, 0.3) is 0 Å². The van der Waals surface area contributed by atoms with Gasteiger partial charge >= 0.3 is 0 Å². The van der Waals surface area contributed by atoms with Crippen molar-refractivity contribution in [3.05, 3.63) is 27.1 Å². The Kier molecular flexibility index (Phi) is 4.84. The molecule has 0 saturated carbocycles. The van der Waals surface area contributed by atoms with Gasteiger partial charge in [-0.05, 0) is 36.0 Å². The second kappa shape index (κ2) is 6.25. The number of hydrogen-bond donors (Lipinski definition) is 2. The maximum atomic E-state index is 12.3. The highest BCUT2D eigenvalue weighted by molar-refractivity contribution is 9.11. The molecular weight excluding hydrogens is 364 g/mol. The molecule has 2 heterocycles. The largest absolute Gasteiger partial charge is 0.315 e. The standard InChI is InChI=1S/C11H15BrN4O2S2/c1-3-16-7-8(5-14-16)15-20(17,18)10-4-9(6-13-2)19-11(10)12/h4-5,7,13,15H,3,6H2,1-2H3. The number of nitrogens with one attached hydrogen (secondary N) is 2. The number of hydrogen-bond acceptors (Lipinski definition) is 5. The van der Waals surface area contributed by atoms with Crippen molar-refractivity contribution in [3.63, 3.8) is 0 Å². The average molecular weight is 379 g/mol. The smallest absolute Gasteiger partial charge is 0.263 e. The van der Waals surface area contributed by atoms with Gasteiger partial charge in [-0.2, -0.15) is 5.10 Å². The first-order valence-electron chi connectivity index (χ1n) is 5.94. The Morgan fingerprint density at radius 2 is 2.25 bits per heavy atom. The summed E-state index contributed by atoms with van der Waals surface area (Å²) in [7, 11) is -1.79. The van der Waals surface area contributed by atoms with Crippen molar-refractivity contribution < 1.29 is 8.42 Å². The molecular formula is C11H15BrN4O2S2. The normalized spacial score (nSPS) is 11.8. The molecule has 0 radical (unpaired) electrons. The van der Waals surface area contributed by atoms with Crippen LogP contribution in [0.2, 0.25) is 0 Å². The molecule has 2 N–H and O–H groups in total. The van der Waals surface area contributed by atoms with Crippen LogP contribution in [-0.2, 0) is 23.1 Å². The summed E-state index contributed by atoms with van der Waals surface area (Å²) in [6, 6.07) is 1.66. The minimum absolute atomic E-state index is 0.247. The summed E-state index contributed by atoms with van der Waals surface area (Å²) in [5.74, 6) is 0. The summed E-state index contributed by atoms with van der Waals surface area (Å²) in [5.41, 5.74) is 0.458. The highest BCUT2D eigenvalue weighted by atomic mass is 79.9. The fraction of sp³-hybridized carbons (Fsp3) is 0.364. The minimum Gasteiger partial charge on any atom is -0.315 e.